The third kappa shape index (κ3) is 17.9. The zero-order valence-corrected chi connectivity index (χ0v) is 7.57. The van der Waals surface area contributed by atoms with Crippen molar-refractivity contribution in [3.8, 4) is 0 Å². The summed E-state index contributed by atoms with van der Waals surface area (Å²) < 4.78 is 4.35. The normalized spacial score (nSPS) is 7.54. The maximum Gasteiger partial charge on any atom is 0.374 e. The van der Waals surface area contributed by atoms with Crippen LogP contribution in [0.3, 0.4) is 0 Å². The predicted molar refractivity (Wildman–Crippen MR) is 45.1 cm³/mol. The Morgan fingerprint density at radius 3 is 2.00 bits per heavy atom. The molecule has 0 spiro atoms. The lowest BCUT2D eigenvalue weighted by Crippen LogP contribution is -2.13. The van der Waals surface area contributed by atoms with Crippen molar-refractivity contribution in [1.29, 1.82) is 0 Å². The van der Waals surface area contributed by atoms with Gasteiger partial charge in [-0.3, -0.25) is 9.59 Å². The Bertz CT molecular complexity index is 203. The molecule has 0 aromatic rings. The maximum absolute atomic E-state index is 10.3. The van der Waals surface area contributed by atoms with Crippen LogP contribution in [0.15, 0.2) is 12.7 Å². The number of hydrogen-bond donors (Lipinski definition) is 1. The fourth-order valence-electron chi connectivity index (χ4n) is 0.236. The van der Waals surface area contributed by atoms with Crippen molar-refractivity contribution >= 4 is 17.7 Å². The number of Topliss-reactive ketones (excluding diaryl/α,β-unsaturated/α-hetero) is 1. The third-order valence-electron chi connectivity index (χ3n) is 0.620. The van der Waals surface area contributed by atoms with Crippen molar-refractivity contribution in [3.05, 3.63) is 12.7 Å². The summed E-state index contributed by atoms with van der Waals surface area (Å²) in [6.45, 7) is 5.64. The molecule has 74 valence electrons. The maximum atomic E-state index is 10.3. The summed E-state index contributed by atoms with van der Waals surface area (Å²) in [6, 6.07) is 0. The number of ketones is 1. The van der Waals surface area contributed by atoms with E-state index in [1.165, 1.54) is 6.08 Å². The first-order valence-electron chi connectivity index (χ1n) is 3.40. The van der Waals surface area contributed by atoms with Gasteiger partial charge in [-0.15, -0.1) is 0 Å². The first kappa shape index (κ1) is 13.9. The molecule has 0 radical (unpaired) electrons. The monoisotopic (exact) mass is 188 g/mol. The van der Waals surface area contributed by atoms with Gasteiger partial charge in [0.15, 0.2) is 0 Å². The molecule has 0 amide bonds. The van der Waals surface area contributed by atoms with Crippen molar-refractivity contribution < 1.29 is 24.2 Å². The number of carbonyl (C=O) groups excluding carboxylic acids is 2. The van der Waals surface area contributed by atoms with E-state index in [1.54, 1.807) is 0 Å². The Hall–Kier alpha value is -1.65. The van der Waals surface area contributed by atoms with Gasteiger partial charge in [-0.1, -0.05) is 12.7 Å². The zero-order chi connectivity index (χ0) is 10.9. The van der Waals surface area contributed by atoms with Gasteiger partial charge in [0.25, 0.3) is 5.97 Å². The van der Waals surface area contributed by atoms with Crippen molar-refractivity contribution in [1.82, 2.24) is 0 Å². The van der Waals surface area contributed by atoms with E-state index < -0.39 is 17.7 Å². The number of carboxylic acids is 1. The molecule has 0 aliphatic heterocycles. The Kier molecular flexibility index (Phi) is 9.04. The SMILES string of the molecule is C=CCOC(=O)C(C)=O.CC(=O)O. The molecule has 0 saturated heterocycles. The van der Waals surface area contributed by atoms with Gasteiger partial charge in [0.2, 0.25) is 5.78 Å². The number of esters is 1. The predicted octanol–water partition coefficient (Wildman–Crippen LogP) is 0.395. The summed E-state index contributed by atoms with van der Waals surface area (Å²) in [5, 5.41) is 7.42. The Morgan fingerprint density at radius 2 is 1.77 bits per heavy atom. The van der Waals surface area contributed by atoms with Crippen LogP contribution < -0.4 is 0 Å². The minimum atomic E-state index is -0.833. The van der Waals surface area contributed by atoms with Crippen LogP contribution in [-0.4, -0.2) is 29.4 Å². The lowest BCUT2D eigenvalue weighted by Gasteiger charge is -1.94. The second-order valence-electron chi connectivity index (χ2n) is 1.96. The molecule has 5 heteroatoms. The number of hydrogen-bond acceptors (Lipinski definition) is 4. The van der Waals surface area contributed by atoms with Crippen LogP contribution in [0.1, 0.15) is 13.8 Å². The number of rotatable bonds is 3. The zero-order valence-electron chi connectivity index (χ0n) is 7.57. The molecule has 0 atom stereocenters. The van der Waals surface area contributed by atoms with Gasteiger partial charge in [-0.2, -0.15) is 0 Å². The minimum Gasteiger partial charge on any atom is -0.481 e. The molecule has 0 heterocycles. The van der Waals surface area contributed by atoms with E-state index in [4.69, 9.17) is 9.90 Å². The summed E-state index contributed by atoms with van der Waals surface area (Å²) in [5.41, 5.74) is 0. The van der Waals surface area contributed by atoms with Crippen molar-refractivity contribution in [2.75, 3.05) is 6.61 Å². The van der Waals surface area contributed by atoms with E-state index in [1.807, 2.05) is 0 Å². The van der Waals surface area contributed by atoms with Gasteiger partial charge in [0.1, 0.15) is 6.61 Å². The number of carbonyl (C=O) groups is 3. The van der Waals surface area contributed by atoms with E-state index in [0.717, 1.165) is 13.8 Å². The first-order chi connectivity index (χ1) is 5.91. The van der Waals surface area contributed by atoms with Gasteiger partial charge < -0.3 is 9.84 Å². The van der Waals surface area contributed by atoms with Crippen LogP contribution in [0.4, 0.5) is 0 Å². The molecule has 0 rings (SSSR count). The fourth-order valence-corrected chi connectivity index (χ4v) is 0.236. The summed E-state index contributed by atoms with van der Waals surface area (Å²) >= 11 is 0. The molecule has 1 N–H and O–H groups in total. The van der Waals surface area contributed by atoms with Crippen LogP contribution in [0, 0.1) is 0 Å². The van der Waals surface area contributed by atoms with Crippen LogP contribution in [0.2, 0.25) is 0 Å². The number of carboxylic acid groups (broad SMARTS) is 1. The van der Waals surface area contributed by atoms with Crippen LogP contribution >= 0.6 is 0 Å². The smallest absolute Gasteiger partial charge is 0.374 e. The molecule has 0 unspecified atom stereocenters. The van der Waals surface area contributed by atoms with E-state index in [-0.39, 0.29) is 6.61 Å². The lowest BCUT2D eigenvalue weighted by molar-refractivity contribution is -0.151. The average molecular weight is 188 g/mol. The topological polar surface area (TPSA) is 80.7 Å². The Labute approximate surface area is 76.0 Å². The highest BCUT2D eigenvalue weighted by molar-refractivity contribution is 6.32. The third-order valence-corrected chi connectivity index (χ3v) is 0.620. The van der Waals surface area contributed by atoms with Gasteiger partial charge in [-0.25, -0.2) is 4.79 Å². The second-order valence-corrected chi connectivity index (χ2v) is 1.96. The van der Waals surface area contributed by atoms with E-state index in [2.05, 4.69) is 11.3 Å². The Balaban J connectivity index is 0. The molecule has 0 aliphatic rings. The van der Waals surface area contributed by atoms with Gasteiger partial charge in [0.05, 0.1) is 0 Å². The van der Waals surface area contributed by atoms with Gasteiger partial charge >= 0.3 is 5.97 Å². The average Bonchev–Trinajstić information content (AvgIpc) is 1.98. The quantitative estimate of drug-likeness (QED) is 0.393. The molecule has 0 saturated carbocycles. The van der Waals surface area contributed by atoms with E-state index in [9.17, 15) is 9.59 Å². The summed E-state index contributed by atoms with van der Waals surface area (Å²) in [5.74, 6) is -2.23. The van der Waals surface area contributed by atoms with E-state index in [0.29, 0.717) is 0 Å². The van der Waals surface area contributed by atoms with Gasteiger partial charge in [0, 0.05) is 13.8 Å². The summed E-state index contributed by atoms with van der Waals surface area (Å²) in [4.78, 5) is 29.4. The fraction of sp³-hybridized carbons (Fsp3) is 0.375. The molecule has 0 aliphatic carbocycles. The number of ether oxygens (including phenoxy) is 1. The molecule has 0 aromatic heterocycles. The van der Waals surface area contributed by atoms with Crippen molar-refractivity contribution in [2.24, 2.45) is 0 Å². The van der Waals surface area contributed by atoms with Gasteiger partial charge in [-0.05, 0) is 0 Å². The van der Waals surface area contributed by atoms with Crippen molar-refractivity contribution in [3.63, 3.8) is 0 Å². The molecular formula is C8H12O5. The molecule has 5 nitrogen and oxygen atoms in total. The van der Waals surface area contributed by atoms with Crippen LogP contribution in [0.5, 0.6) is 0 Å². The summed E-state index contributed by atoms with van der Waals surface area (Å²) in [7, 11) is 0. The molecule has 0 bridgehead atoms. The Morgan fingerprint density at radius 1 is 1.38 bits per heavy atom. The largest absolute Gasteiger partial charge is 0.481 e. The lowest BCUT2D eigenvalue weighted by atomic mass is 10.5. The summed E-state index contributed by atoms with van der Waals surface area (Å²) in [6.07, 6.45) is 1.40. The van der Waals surface area contributed by atoms with Crippen LogP contribution in [0.25, 0.3) is 0 Å². The second kappa shape index (κ2) is 8.45. The molecule has 0 fully saturated rings. The highest BCUT2D eigenvalue weighted by Crippen LogP contribution is 1.79. The standard InChI is InChI=1S/C6H8O3.C2H4O2/c1-3-4-9-6(8)5(2)7;1-2(3)4/h3H,1,4H2,2H3;1H3,(H,3,4). The highest BCUT2D eigenvalue weighted by Gasteiger charge is 2.05. The first-order valence-corrected chi connectivity index (χ1v) is 3.40. The minimum absolute atomic E-state index is 0.0956. The van der Waals surface area contributed by atoms with Crippen LogP contribution in [-0.2, 0) is 19.1 Å². The van der Waals surface area contributed by atoms with Crippen molar-refractivity contribution in [2.45, 2.75) is 13.8 Å². The molecular weight excluding hydrogens is 176 g/mol. The highest BCUT2D eigenvalue weighted by atomic mass is 16.5. The number of aliphatic carboxylic acids is 1. The molecule has 0 aromatic carbocycles. The molecule has 13 heavy (non-hydrogen) atoms. The van der Waals surface area contributed by atoms with E-state index >= 15 is 0 Å².